The van der Waals surface area contributed by atoms with Gasteiger partial charge in [-0.05, 0) is 86.1 Å². The van der Waals surface area contributed by atoms with Crippen molar-refractivity contribution >= 4 is 11.9 Å². The van der Waals surface area contributed by atoms with Gasteiger partial charge in [-0.25, -0.2) is 9.59 Å². The Hall–Kier alpha value is -3.92. The third-order valence-electron chi connectivity index (χ3n) is 7.78. The van der Waals surface area contributed by atoms with E-state index in [2.05, 4.69) is 89.4 Å². The fraction of sp³-hybridized carbons (Fsp3) is 0.333. The van der Waals surface area contributed by atoms with Crippen LogP contribution in [0.2, 0.25) is 0 Å². The second-order valence-electron chi connectivity index (χ2n) is 12.0. The quantitative estimate of drug-likeness (QED) is 0.164. The van der Waals surface area contributed by atoms with E-state index in [1.165, 1.54) is 11.1 Å². The number of carbonyl (C=O) groups is 2. The third kappa shape index (κ3) is 6.12. The minimum Gasteiger partial charge on any atom is -0.423 e. The molecule has 0 bridgehead atoms. The van der Waals surface area contributed by atoms with E-state index in [0.29, 0.717) is 22.6 Å². The smallest absolute Gasteiger partial charge is 0.338 e. The first-order chi connectivity index (χ1) is 18.5. The lowest BCUT2D eigenvalue weighted by Crippen LogP contribution is -2.22. The molecule has 0 spiro atoms. The van der Waals surface area contributed by atoms with Gasteiger partial charge in [-0.15, -0.1) is 0 Å². The highest BCUT2D eigenvalue weighted by Crippen LogP contribution is 2.39. The monoisotopic (exact) mass is 538 g/mol. The molecule has 0 radical (unpaired) electrons. The molecule has 40 heavy (non-hydrogen) atoms. The van der Waals surface area contributed by atoms with Crippen LogP contribution in [0.25, 0.3) is 0 Å². The second kappa shape index (κ2) is 11.3. The molecule has 4 nitrogen and oxygen atoms in total. The van der Waals surface area contributed by atoms with E-state index in [-0.39, 0.29) is 10.8 Å². The normalized spacial score (nSPS) is 11.7. The zero-order chi connectivity index (χ0) is 30.2. The SMILES string of the molecule is C=C(C)C(=O)Oc1c(C)cc(C(C)(C)c2ccc(C(C)(C)c3cc(C)c(OC(=O)C(=C)C)c(C)c3)cc2)cc1C. The lowest BCUT2D eigenvalue weighted by Gasteiger charge is -2.31. The van der Waals surface area contributed by atoms with Crippen LogP contribution in [-0.2, 0) is 20.4 Å². The molecular weight excluding hydrogens is 496 g/mol. The van der Waals surface area contributed by atoms with Crippen molar-refractivity contribution in [1.82, 2.24) is 0 Å². The summed E-state index contributed by atoms with van der Waals surface area (Å²) < 4.78 is 11.2. The fourth-order valence-corrected chi connectivity index (χ4v) is 4.94. The Bertz CT molecular complexity index is 1340. The molecule has 0 aliphatic heterocycles. The molecule has 0 saturated heterocycles. The number of hydrogen-bond acceptors (Lipinski definition) is 4. The van der Waals surface area contributed by atoms with Crippen LogP contribution in [0.1, 0.15) is 86.1 Å². The summed E-state index contributed by atoms with van der Waals surface area (Å²) in [6.07, 6.45) is 0. The average molecular weight is 539 g/mol. The summed E-state index contributed by atoms with van der Waals surface area (Å²) in [5.74, 6) is 0.361. The van der Waals surface area contributed by atoms with Crippen LogP contribution in [0.4, 0.5) is 0 Å². The van der Waals surface area contributed by atoms with Crippen molar-refractivity contribution in [2.24, 2.45) is 0 Å². The van der Waals surface area contributed by atoms with E-state index >= 15 is 0 Å². The van der Waals surface area contributed by atoms with E-state index < -0.39 is 11.9 Å². The lowest BCUT2D eigenvalue weighted by molar-refractivity contribution is -0.131. The number of ether oxygens (including phenoxy) is 2. The molecule has 210 valence electrons. The van der Waals surface area contributed by atoms with Gasteiger partial charge in [0, 0.05) is 22.0 Å². The summed E-state index contributed by atoms with van der Waals surface area (Å²) >= 11 is 0. The van der Waals surface area contributed by atoms with Gasteiger partial charge in [0.25, 0.3) is 0 Å². The summed E-state index contributed by atoms with van der Waals surface area (Å²) in [6.45, 7) is 27.4. The molecule has 0 heterocycles. The third-order valence-corrected chi connectivity index (χ3v) is 7.78. The average Bonchev–Trinajstić information content (AvgIpc) is 2.87. The molecule has 3 aromatic rings. The highest BCUT2D eigenvalue weighted by Gasteiger charge is 2.28. The summed E-state index contributed by atoms with van der Waals surface area (Å²) in [4.78, 5) is 24.2. The lowest BCUT2D eigenvalue weighted by atomic mass is 9.74. The largest absolute Gasteiger partial charge is 0.423 e. The standard InChI is InChI=1S/C36H42O4/c1-21(2)33(37)39-31-23(5)17-29(18-24(31)6)35(9,10)27-13-15-28(16-14-27)36(11,12)30-19-25(7)32(26(8)20-30)40-34(38)22(3)4/h13-20H,1,3H2,2,4-12H3. The molecule has 0 saturated carbocycles. The van der Waals surface area contributed by atoms with Crippen molar-refractivity contribution in [2.75, 3.05) is 0 Å². The van der Waals surface area contributed by atoms with Gasteiger partial charge < -0.3 is 9.47 Å². The van der Waals surface area contributed by atoms with Crippen LogP contribution in [-0.4, -0.2) is 11.9 Å². The number of hydrogen-bond donors (Lipinski definition) is 0. The Kier molecular flexibility index (Phi) is 8.64. The van der Waals surface area contributed by atoms with Crippen LogP contribution in [0, 0.1) is 27.7 Å². The Morgan fingerprint density at radius 2 is 0.800 bits per heavy atom. The number of aryl methyl sites for hydroxylation is 4. The van der Waals surface area contributed by atoms with E-state index in [0.717, 1.165) is 33.4 Å². The topological polar surface area (TPSA) is 52.6 Å². The van der Waals surface area contributed by atoms with Crippen molar-refractivity contribution < 1.29 is 19.1 Å². The first kappa shape index (κ1) is 30.6. The van der Waals surface area contributed by atoms with E-state index in [1.807, 2.05) is 27.7 Å². The number of benzene rings is 3. The Labute approximate surface area is 239 Å². The van der Waals surface area contributed by atoms with Crippen molar-refractivity contribution in [3.05, 3.63) is 117 Å². The highest BCUT2D eigenvalue weighted by atomic mass is 16.5. The Morgan fingerprint density at radius 1 is 0.550 bits per heavy atom. The molecule has 0 fully saturated rings. The molecular formula is C36H42O4. The zero-order valence-electron chi connectivity index (χ0n) is 25.7. The van der Waals surface area contributed by atoms with Crippen molar-refractivity contribution in [1.29, 1.82) is 0 Å². The zero-order valence-corrected chi connectivity index (χ0v) is 25.7. The maximum absolute atomic E-state index is 12.1. The van der Waals surface area contributed by atoms with Crippen LogP contribution in [0.3, 0.4) is 0 Å². The van der Waals surface area contributed by atoms with Crippen LogP contribution >= 0.6 is 0 Å². The Balaban J connectivity index is 1.92. The van der Waals surface area contributed by atoms with Gasteiger partial charge in [0.2, 0.25) is 0 Å². The molecule has 4 heteroatoms. The molecule has 0 amide bonds. The fourth-order valence-electron chi connectivity index (χ4n) is 4.94. The first-order valence-corrected chi connectivity index (χ1v) is 13.6. The maximum atomic E-state index is 12.1. The van der Waals surface area contributed by atoms with Crippen LogP contribution in [0.15, 0.2) is 72.8 Å². The van der Waals surface area contributed by atoms with Gasteiger partial charge in [-0.2, -0.15) is 0 Å². The van der Waals surface area contributed by atoms with Crippen LogP contribution in [0.5, 0.6) is 11.5 Å². The maximum Gasteiger partial charge on any atom is 0.338 e. The molecule has 0 unspecified atom stereocenters. The van der Waals surface area contributed by atoms with Gasteiger partial charge in [-0.3, -0.25) is 0 Å². The number of carbonyl (C=O) groups excluding carboxylic acids is 2. The molecule has 0 aliphatic carbocycles. The summed E-state index contributed by atoms with van der Waals surface area (Å²) in [5.41, 5.74) is 8.55. The van der Waals surface area contributed by atoms with Crippen molar-refractivity contribution in [3.8, 4) is 11.5 Å². The number of esters is 2. The second-order valence-corrected chi connectivity index (χ2v) is 12.0. The first-order valence-electron chi connectivity index (χ1n) is 13.6. The Morgan fingerprint density at radius 3 is 1.02 bits per heavy atom. The molecule has 0 atom stereocenters. The van der Waals surface area contributed by atoms with E-state index in [9.17, 15) is 9.59 Å². The summed E-state index contributed by atoms with van der Waals surface area (Å²) in [6, 6.07) is 17.2. The molecule has 0 aromatic heterocycles. The van der Waals surface area contributed by atoms with Gasteiger partial charge in [0.1, 0.15) is 11.5 Å². The minimum absolute atomic E-state index is 0.267. The van der Waals surface area contributed by atoms with Gasteiger partial charge >= 0.3 is 11.9 Å². The number of rotatable bonds is 8. The molecule has 3 rings (SSSR count). The molecule has 0 N–H and O–H groups in total. The minimum atomic E-state index is -0.413. The van der Waals surface area contributed by atoms with Crippen molar-refractivity contribution in [3.63, 3.8) is 0 Å². The van der Waals surface area contributed by atoms with E-state index in [1.54, 1.807) is 13.8 Å². The van der Waals surface area contributed by atoms with Crippen molar-refractivity contribution in [2.45, 2.75) is 80.1 Å². The van der Waals surface area contributed by atoms with Crippen LogP contribution < -0.4 is 9.47 Å². The predicted molar refractivity (Wildman–Crippen MR) is 163 cm³/mol. The highest BCUT2D eigenvalue weighted by molar-refractivity contribution is 5.89. The van der Waals surface area contributed by atoms with Gasteiger partial charge in [-0.1, -0.05) is 89.4 Å². The summed E-state index contributed by atoms with van der Waals surface area (Å²) in [5, 5.41) is 0. The van der Waals surface area contributed by atoms with E-state index in [4.69, 9.17) is 9.47 Å². The predicted octanol–water partition coefficient (Wildman–Crippen LogP) is 8.54. The van der Waals surface area contributed by atoms with Gasteiger partial charge in [0.05, 0.1) is 0 Å². The summed E-state index contributed by atoms with van der Waals surface area (Å²) in [7, 11) is 0. The molecule has 0 aliphatic rings. The van der Waals surface area contributed by atoms with Gasteiger partial charge in [0.15, 0.2) is 0 Å². The molecule has 3 aromatic carbocycles.